The van der Waals surface area contributed by atoms with Gasteiger partial charge in [0.15, 0.2) is 0 Å². The third-order valence-electron chi connectivity index (χ3n) is 3.50. The summed E-state index contributed by atoms with van der Waals surface area (Å²) in [5.41, 5.74) is 1.23. The first kappa shape index (κ1) is 9.97. The molecule has 0 aliphatic carbocycles. The standard InChI is InChI=1S/C13H17NO2/c15-12-3-2-11-6-10(8-14-4-1-5-14)9-16-13(11)7-12/h2-3,7,10,15H,1,4-6,8-9H2. The minimum atomic E-state index is 0.292. The summed E-state index contributed by atoms with van der Waals surface area (Å²) in [5, 5.41) is 9.36. The van der Waals surface area contributed by atoms with Crippen LogP contribution in [-0.2, 0) is 6.42 Å². The van der Waals surface area contributed by atoms with E-state index in [1.807, 2.05) is 6.07 Å². The van der Waals surface area contributed by atoms with Crippen LogP contribution in [0.1, 0.15) is 12.0 Å². The molecule has 86 valence electrons. The molecule has 0 radical (unpaired) electrons. The lowest BCUT2D eigenvalue weighted by atomic mass is 9.95. The van der Waals surface area contributed by atoms with E-state index in [1.54, 1.807) is 12.1 Å². The van der Waals surface area contributed by atoms with Crippen LogP contribution in [0.2, 0.25) is 0 Å². The highest BCUT2D eigenvalue weighted by atomic mass is 16.5. The Morgan fingerprint density at radius 1 is 1.38 bits per heavy atom. The highest BCUT2D eigenvalue weighted by Gasteiger charge is 2.24. The van der Waals surface area contributed by atoms with E-state index in [0.717, 1.165) is 25.3 Å². The maximum absolute atomic E-state index is 9.36. The number of ether oxygens (including phenoxy) is 1. The molecule has 2 aliphatic heterocycles. The zero-order valence-electron chi connectivity index (χ0n) is 9.35. The lowest BCUT2D eigenvalue weighted by Crippen LogP contribution is -2.42. The topological polar surface area (TPSA) is 32.7 Å². The van der Waals surface area contributed by atoms with Gasteiger partial charge in [0.05, 0.1) is 6.61 Å². The van der Waals surface area contributed by atoms with Crippen molar-refractivity contribution >= 4 is 0 Å². The Morgan fingerprint density at radius 3 is 3.00 bits per heavy atom. The Kier molecular flexibility index (Phi) is 2.48. The second-order valence-corrected chi connectivity index (χ2v) is 4.83. The molecule has 1 N–H and O–H groups in total. The molecule has 1 saturated heterocycles. The van der Waals surface area contributed by atoms with Crippen molar-refractivity contribution in [2.24, 2.45) is 5.92 Å². The van der Waals surface area contributed by atoms with Crippen molar-refractivity contribution in [3.63, 3.8) is 0 Å². The van der Waals surface area contributed by atoms with Gasteiger partial charge in [-0.15, -0.1) is 0 Å². The fraction of sp³-hybridized carbons (Fsp3) is 0.538. The Bertz CT molecular complexity index is 388. The molecule has 3 nitrogen and oxygen atoms in total. The number of hydrogen-bond acceptors (Lipinski definition) is 3. The van der Waals surface area contributed by atoms with Crippen LogP contribution in [0.4, 0.5) is 0 Å². The molecule has 1 aromatic rings. The van der Waals surface area contributed by atoms with Crippen molar-refractivity contribution in [2.45, 2.75) is 12.8 Å². The molecule has 0 aromatic heterocycles. The van der Waals surface area contributed by atoms with E-state index in [0.29, 0.717) is 11.7 Å². The van der Waals surface area contributed by atoms with Crippen LogP contribution in [0, 0.1) is 5.92 Å². The summed E-state index contributed by atoms with van der Waals surface area (Å²) in [6.45, 7) is 4.44. The van der Waals surface area contributed by atoms with E-state index in [9.17, 15) is 5.11 Å². The van der Waals surface area contributed by atoms with Gasteiger partial charge < -0.3 is 14.7 Å². The third kappa shape index (κ3) is 1.87. The number of hydrogen-bond donors (Lipinski definition) is 1. The number of nitrogens with zero attached hydrogens (tertiary/aromatic N) is 1. The molecular weight excluding hydrogens is 202 g/mol. The van der Waals surface area contributed by atoms with Crippen LogP contribution in [0.5, 0.6) is 11.5 Å². The molecular formula is C13H17NO2. The Morgan fingerprint density at radius 2 is 2.25 bits per heavy atom. The van der Waals surface area contributed by atoms with E-state index >= 15 is 0 Å². The van der Waals surface area contributed by atoms with Crippen LogP contribution >= 0.6 is 0 Å². The van der Waals surface area contributed by atoms with Gasteiger partial charge in [-0.1, -0.05) is 6.07 Å². The Balaban J connectivity index is 1.68. The quantitative estimate of drug-likeness (QED) is 0.821. The summed E-state index contributed by atoms with van der Waals surface area (Å²) in [6, 6.07) is 5.44. The molecule has 0 saturated carbocycles. The second-order valence-electron chi connectivity index (χ2n) is 4.83. The van der Waals surface area contributed by atoms with Crippen molar-refractivity contribution in [2.75, 3.05) is 26.2 Å². The lowest BCUT2D eigenvalue weighted by Gasteiger charge is -2.35. The van der Waals surface area contributed by atoms with E-state index in [1.165, 1.54) is 25.1 Å². The zero-order chi connectivity index (χ0) is 11.0. The van der Waals surface area contributed by atoms with Crippen molar-refractivity contribution in [1.29, 1.82) is 0 Å². The molecule has 3 heteroatoms. The van der Waals surface area contributed by atoms with Crippen LogP contribution in [0.3, 0.4) is 0 Å². The summed E-state index contributed by atoms with van der Waals surface area (Å²) < 4.78 is 5.70. The van der Waals surface area contributed by atoms with Gasteiger partial charge in [0.25, 0.3) is 0 Å². The fourth-order valence-corrected chi connectivity index (χ4v) is 2.47. The van der Waals surface area contributed by atoms with Crippen LogP contribution in [-0.4, -0.2) is 36.2 Å². The number of aromatic hydroxyl groups is 1. The average molecular weight is 219 g/mol. The zero-order valence-corrected chi connectivity index (χ0v) is 9.35. The SMILES string of the molecule is Oc1ccc2c(c1)OCC(CN1CCC1)C2. The van der Waals surface area contributed by atoms with Gasteiger partial charge in [0.2, 0.25) is 0 Å². The summed E-state index contributed by atoms with van der Waals surface area (Å²) in [5.74, 6) is 1.76. The van der Waals surface area contributed by atoms with Crippen LogP contribution < -0.4 is 4.74 Å². The first-order chi connectivity index (χ1) is 7.81. The third-order valence-corrected chi connectivity index (χ3v) is 3.50. The first-order valence-corrected chi connectivity index (χ1v) is 5.98. The molecule has 1 fully saturated rings. The van der Waals surface area contributed by atoms with Gasteiger partial charge in [-0.25, -0.2) is 0 Å². The van der Waals surface area contributed by atoms with Crippen molar-refractivity contribution in [1.82, 2.24) is 4.90 Å². The van der Waals surface area contributed by atoms with E-state index in [2.05, 4.69) is 4.90 Å². The van der Waals surface area contributed by atoms with E-state index in [4.69, 9.17) is 4.74 Å². The van der Waals surface area contributed by atoms with Crippen molar-refractivity contribution in [3.05, 3.63) is 23.8 Å². The molecule has 1 atom stereocenters. The molecule has 1 unspecified atom stereocenters. The highest BCUT2D eigenvalue weighted by molar-refractivity contribution is 5.41. The Hall–Kier alpha value is -1.22. The minimum Gasteiger partial charge on any atom is -0.508 e. The molecule has 3 rings (SSSR count). The summed E-state index contributed by atoms with van der Waals surface area (Å²) in [6.07, 6.45) is 2.42. The largest absolute Gasteiger partial charge is 0.508 e. The monoisotopic (exact) mass is 219 g/mol. The minimum absolute atomic E-state index is 0.292. The molecule has 0 bridgehead atoms. The average Bonchev–Trinajstić information content (AvgIpc) is 2.23. The summed E-state index contributed by atoms with van der Waals surface area (Å²) in [4.78, 5) is 2.49. The van der Waals surface area contributed by atoms with Crippen molar-refractivity contribution in [3.8, 4) is 11.5 Å². The summed E-state index contributed by atoms with van der Waals surface area (Å²) in [7, 11) is 0. The number of likely N-dealkylation sites (tertiary alicyclic amines) is 1. The van der Waals surface area contributed by atoms with Crippen molar-refractivity contribution < 1.29 is 9.84 Å². The molecule has 2 heterocycles. The van der Waals surface area contributed by atoms with Gasteiger partial charge in [0.1, 0.15) is 11.5 Å². The number of rotatable bonds is 2. The molecule has 0 amide bonds. The maximum Gasteiger partial charge on any atom is 0.126 e. The second kappa shape index (κ2) is 3.98. The van der Waals surface area contributed by atoms with Crippen LogP contribution in [0.15, 0.2) is 18.2 Å². The number of phenols is 1. The van der Waals surface area contributed by atoms with E-state index in [-0.39, 0.29) is 0 Å². The van der Waals surface area contributed by atoms with E-state index < -0.39 is 0 Å². The first-order valence-electron chi connectivity index (χ1n) is 5.98. The maximum atomic E-state index is 9.36. The van der Waals surface area contributed by atoms with Gasteiger partial charge in [-0.2, -0.15) is 0 Å². The highest BCUT2D eigenvalue weighted by Crippen LogP contribution is 2.31. The predicted octanol–water partition coefficient (Wildman–Crippen LogP) is 1.65. The fourth-order valence-electron chi connectivity index (χ4n) is 2.47. The molecule has 16 heavy (non-hydrogen) atoms. The summed E-state index contributed by atoms with van der Waals surface area (Å²) >= 11 is 0. The number of benzene rings is 1. The van der Waals surface area contributed by atoms with Gasteiger partial charge in [0, 0.05) is 18.5 Å². The molecule has 0 spiro atoms. The molecule has 2 aliphatic rings. The van der Waals surface area contributed by atoms with Gasteiger partial charge in [-0.3, -0.25) is 0 Å². The number of fused-ring (bicyclic) bond motifs is 1. The Labute approximate surface area is 95.6 Å². The normalized spacial score (nSPS) is 24.4. The lowest BCUT2D eigenvalue weighted by molar-refractivity contribution is 0.116. The van der Waals surface area contributed by atoms with Gasteiger partial charge in [-0.05, 0) is 37.6 Å². The predicted molar refractivity (Wildman–Crippen MR) is 61.9 cm³/mol. The van der Waals surface area contributed by atoms with Crippen LogP contribution in [0.25, 0.3) is 0 Å². The molecule has 1 aromatic carbocycles. The van der Waals surface area contributed by atoms with Gasteiger partial charge >= 0.3 is 0 Å². The number of phenolic OH excluding ortho intramolecular Hbond substituents is 1. The smallest absolute Gasteiger partial charge is 0.126 e.